The standard InChI is InChI=1S/C21H29N5O2/c1-2-22-21(24-12-7-11-23-18-8-4-3-5-9-18)26-15-13-25(14-16-26)20(27)19-10-6-17-28-19/h3-6,8-10,17,23H,2,7,11-16H2,1H3,(H,22,24). The molecule has 2 N–H and O–H groups in total. The van der Waals surface area contributed by atoms with Crippen LogP contribution in [0.15, 0.2) is 58.1 Å². The molecular formula is C21H29N5O2. The molecule has 1 aromatic carbocycles. The molecule has 7 nitrogen and oxygen atoms in total. The van der Waals surface area contributed by atoms with E-state index in [9.17, 15) is 4.79 Å². The van der Waals surface area contributed by atoms with Gasteiger partial charge in [0.05, 0.1) is 6.26 Å². The lowest BCUT2D eigenvalue weighted by Gasteiger charge is -2.36. The van der Waals surface area contributed by atoms with E-state index in [2.05, 4.69) is 34.6 Å². The maximum atomic E-state index is 12.4. The summed E-state index contributed by atoms with van der Waals surface area (Å²) in [6.45, 7) is 7.40. The minimum Gasteiger partial charge on any atom is -0.459 e. The Morgan fingerprint density at radius 1 is 1.07 bits per heavy atom. The van der Waals surface area contributed by atoms with Crippen LogP contribution in [-0.4, -0.2) is 67.5 Å². The number of hydrogen-bond acceptors (Lipinski definition) is 4. The predicted octanol–water partition coefficient (Wildman–Crippen LogP) is 2.51. The van der Waals surface area contributed by atoms with E-state index in [1.807, 2.05) is 23.1 Å². The van der Waals surface area contributed by atoms with Gasteiger partial charge in [-0.05, 0) is 37.6 Å². The maximum absolute atomic E-state index is 12.4. The fraction of sp³-hybridized carbons (Fsp3) is 0.429. The lowest BCUT2D eigenvalue weighted by molar-refractivity contribution is 0.0657. The molecule has 0 saturated carbocycles. The first-order chi connectivity index (χ1) is 13.8. The molecule has 0 bridgehead atoms. The van der Waals surface area contributed by atoms with Crippen LogP contribution >= 0.6 is 0 Å². The SMILES string of the molecule is CCNC(=NCCCNc1ccccc1)N1CCN(C(=O)c2ccco2)CC1. The normalized spacial score (nSPS) is 14.8. The monoisotopic (exact) mass is 383 g/mol. The van der Waals surface area contributed by atoms with Gasteiger partial charge in [0.2, 0.25) is 0 Å². The third-order valence-electron chi connectivity index (χ3n) is 4.63. The summed E-state index contributed by atoms with van der Waals surface area (Å²) in [6.07, 6.45) is 2.49. The fourth-order valence-electron chi connectivity index (χ4n) is 3.16. The van der Waals surface area contributed by atoms with Crippen molar-refractivity contribution in [3.8, 4) is 0 Å². The molecule has 0 spiro atoms. The van der Waals surface area contributed by atoms with Crippen molar-refractivity contribution >= 4 is 17.6 Å². The van der Waals surface area contributed by atoms with E-state index in [1.54, 1.807) is 12.1 Å². The van der Waals surface area contributed by atoms with Gasteiger partial charge in [0.25, 0.3) is 5.91 Å². The second kappa shape index (κ2) is 10.4. The Labute approximate surface area is 166 Å². The molecule has 28 heavy (non-hydrogen) atoms. The van der Waals surface area contributed by atoms with Crippen molar-refractivity contribution in [1.82, 2.24) is 15.1 Å². The van der Waals surface area contributed by atoms with Gasteiger partial charge in [-0.15, -0.1) is 0 Å². The number of carbonyl (C=O) groups excluding carboxylic acids is 1. The topological polar surface area (TPSA) is 73.1 Å². The Hall–Kier alpha value is -2.96. The minimum absolute atomic E-state index is 0.0430. The lowest BCUT2D eigenvalue weighted by Crippen LogP contribution is -2.53. The minimum atomic E-state index is -0.0430. The summed E-state index contributed by atoms with van der Waals surface area (Å²) in [5.41, 5.74) is 1.13. The first-order valence-electron chi connectivity index (χ1n) is 9.93. The summed E-state index contributed by atoms with van der Waals surface area (Å²) in [5.74, 6) is 1.28. The number of aliphatic imine (C=N–C) groups is 1. The van der Waals surface area contributed by atoms with Crippen LogP contribution in [0.1, 0.15) is 23.9 Å². The quantitative estimate of drug-likeness (QED) is 0.437. The fourth-order valence-corrected chi connectivity index (χ4v) is 3.16. The van der Waals surface area contributed by atoms with E-state index in [4.69, 9.17) is 9.41 Å². The van der Waals surface area contributed by atoms with E-state index >= 15 is 0 Å². The molecule has 0 aliphatic carbocycles. The number of hydrogen-bond donors (Lipinski definition) is 2. The zero-order chi connectivity index (χ0) is 19.6. The summed E-state index contributed by atoms with van der Waals surface area (Å²) in [6, 6.07) is 13.7. The molecule has 1 saturated heterocycles. The highest BCUT2D eigenvalue weighted by atomic mass is 16.3. The molecule has 0 unspecified atom stereocenters. The summed E-state index contributed by atoms with van der Waals surface area (Å²) >= 11 is 0. The Morgan fingerprint density at radius 2 is 1.82 bits per heavy atom. The van der Waals surface area contributed by atoms with Crippen LogP contribution in [-0.2, 0) is 0 Å². The molecule has 0 radical (unpaired) electrons. The molecule has 2 aromatic rings. The number of piperazine rings is 1. The molecule has 150 valence electrons. The number of nitrogens with zero attached hydrogens (tertiary/aromatic N) is 3. The highest BCUT2D eigenvalue weighted by Gasteiger charge is 2.25. The highest BCUT2D eigenvalue weighted by molar-refractivity contribution is 5.91. The number of nitrogens with one attached hydrogen (secondary N) is 2. The third kappa shape index (κ3) is 5.52. The van der Waals surface area contributed by atoms with Crippen LogP contribution in [0.5, 0.6) is 0 Å². The van der Waals surface area contributed by atoms with Crippen molar-refractivity contribution < 1.29 is 9.21 Å². The van der Waals surface area contributed by atoms with E-state index in [-0.39, 0.29) is 5.91 Å². The average Bonchev–Trinajstić information content (AvgIpc) is 3.28. The van der Waals surface area contributed by atoms with Gasteiger partial charge < -0.3 is 24.9 Å². The predicted molar refractivity (Wildman–Crippen MR) is 112 cm³/mol. The molecule has 1 aliphatic rings. The zero-order valence-electron chi connectivity index (χ0n) is 16.4. The van der Waals surface area contributed by atoms with Crippen molar-refractivity contribution in [2.45, 2.75) is 13.3 Å². The number of carbonyl (C=O) groups is 1. The smallest absolute Gasteiger partial charge is 0.289 e. The van der Waals surface area contributed by atoms with Crippen LogP contribution in [0.25, 0.3) is 0 Å². The van der Waals surface area contributed by atoms with Crippen molar-refractivity contribution in [2.24, 2.45) is 4.99 Å². The van der Waals surface area contributed by atoms with Crippen LogP contribution in [0.4, 0.5) is 5.69 Å². The van der Waals surface area contributed by atoms with Crippen molar-refractivity contribution in [3.63, 3.8) is 0 Å². The number of rotatable bonds is 7. The molecule has 1 aromatic heterocycles. The average molecular weight is 383 g/mol. The van der Waals surface area contributed by atoms with Gasteiger partial charge in [0.15, 0.2) is 11.7 Å². The molecule has 1 amide bonds. The number of guanidine groups is 1. The first kappa shape index (κ1) is 19.8. The number of benzene rings is 1. The van der Waals surface area contributed by atoms with Gasteiger partial charge in [-0.1, -0.05) is 18.2 Å². The molecule has 3 rings (SSSR count). The number of amides is 1. The van der Waals surface area contributed by atoms with Crippen molar-refractivity contribution in [2.75, 3.05) is 51.1 Å². The van der Waals surface area contributed by atoms with Crippen LogP contribution in [0.3, 0.4) is 0 Å². The Kier molecular flexibility index (Phi) is 7.35. The summed E-state index contributed by atoms with van der Waals surface area (Å²) < 4.78 is 5.22. The van der Waals surface area contributed by atoms with Gasteiger partial charge in [0.1, 0.15) is 0 Å². The van der Waals surface area contributed by atoms with E-state index < -0.39 is 0 Å². The summed E-state index contributed by atoms with van der Waals surface area (Å²) in [5, 5.41) is 6.77. The van der Waals surface area contributed by atoms with Gasteiger partial charge >= 0.3 is 0 Å². The van der Waals surface area contributed by atoms with E-state index in [0.29, 0.717) is 18.8 Å². The first-order valence-corrected chi connectivity index (χ1v) is 9.93. The second-order valence-electron chi connectivity index (χ2n) is 6.64. The molecule has 1 fully saturated rings. The third-order valence-corrected chi connectivity index (χ3v) is 4.63. The van der Waals surface area contributed by atoms with Gasteiger partial charge in [-0.2, -0.15) is 0 Å². The zero-order valence-corrected chi connectivity index (χ0v) is 16.4. The number of para-hydroxylation sites is 1. The Bertz CT molecular complexity index is 737. The molecule has 2 heterocycles. The van der Waals surface area contributed by atoms with Crippen LogP contribution < -0.4 is 10.6 Å². The second-order valence-corrected chi connectivity index (χ2v) is 6.64. The Morgan fingerprint density at radius 3 is 2.50 bits per heavy atom. The molecule has 1 aliphatic heterocycles. The molecule has 7 heteroatoms. The largest absolute Gasteiger partial charge is 0.459 e. The van der Waals surface area contributed by atoms with Crippen molar-refractivity contribution in [1.29, 1.82) is 0 Å². The van der Waals surface area contributed by atoms with Crippen LogP contribution in [0, 0.1) is 0 Å². The summed E-state index contributed by atoms with van der Waals surface area (Å²) in [7, 11) is 0. The van der Waals surface area contributed by atoms with Gasteiger partial charge in [-0.3, -0.25) is 9.79 Å². The van der Waals surface area contributed by atoms with Gasteiger partial charge in [-0.25, -0.2) is 0 Å². The molecule has 0 atom stereocenters. The summed E-state index contributed by atoms with van der Waals surface area (Å²) in [4.78, 5) is 21.2. The Balaban J connectivity index is 1.44. The van der Waals surface area contributed by atoms with Crippen molar-refractivity contribution in [3.05, 3.63) is 54.5 Å². The van der Waals surface area contributed by atoms with Crippen LogP contribution in [0.2, 0.25) is 0 Å². The van der Waals surface area contributed by atoms with E-state index in [0.717, 1.165) is 50.8 Å². The molecular weight excluding hydrogens is 354 g/mol. The lowest BCUT2D eigenvalue weighted by atomic mass is 10.3. The number of furan rings is 1. The number of anilines is 1. The van der Waals surface area contributed by atoms with E-state index in [1.165, 1.54) is 6.26 Å². The maximum Gasteiger partial charge on any atom is 0.289 e. The van der Waals surface area contributed by atoms with Gasteiger partial charge in [0, 0.05) is 51.5 Å². The highest BCUT2D eigenvalue weighted by Crippen LogP contribution is 2.10.